The molecule has 8 nitrogen and oxygen atoms in total. The van der Waals surface area contributed by atoms with Crippen LogP contribution in [0, 0.1) is 0 Å². The van der Waals surface area contributed by atoms with Crippen molar-refractivity contribution in [3.63, 3.8) is 0 Å². The molecule has 1 aromatic carbocycles. The van der Waals surface area contributed by atoms with E-state index in [4.69, 9.17) is 25.8 Å². The quantitative estimate of drug-likeness (QED) is 0.424. The number of aromatic nitrogens is 2. The van der Waals surface area contributed by atoms with E-state index in [2.05, 4.69) is 14.9 Å². The summed E-state index contributed by atoms with van der Waals surface area (Å²) in [5, 5.41) is 0.287. The summed E-state index contributed by atoms with van der Waals surface area (Å²) < 4.78 is 16.0. The van der Waals surface area contributed by atoms with Gasteiger partial charge < -0.3 is 19.1 Å². The molecule has 176 valence electrons. The number of carbonyl (C=O) groups is 1. The number of ether oxygens (including phenoxy) is 3. The number of unbranched alkanes of at least 4 members (excludes halogenated alkanes) is 1. The Bertz CT molecular complexity index is 1010. The average molecular weight is 473 g/mol. The number of likely N-dealkylation sites (tertiary alicyclic amines) is 1. The van der Waals surface area contributed by atoms with E-state index < -0.39 is 0 Å². The normalized spacial score (nSPS) is 17.1. The van der Waals surface area contributed by atoms with Gasteiger partial charge in [0.1, 0.15) is 22.9 Å². The molecule has 1 amide bonds. The average Bonchev–Trinajstić information content (AvgIpc) is 2.98. The summed E-state index contributed by atoms with van der Waals surface area (Å²) in [6.45, 7) is 3.56. The van der Waals surface area contributed by atoms with Gasteiger partial charge in [-0.1, -0.05) is 11.6 Å². The number of amides is 1. The van der Waals surface area contributed by atoms with Gasteiger partial charge in [-0.25, -0.2) is 4.98 Å². The van der Waals surface area contributed by atoms with Crippen LogP contribution in [-0.2, 0) is 0 Å². The predicted molar refractivity (Wildman–Crippen MR) is 125 cm³/mol. The Balaban J connectivity index is 1.25. The lowest BCUT2D eigenvalue weighted by molar-refractivity contribution is 0.0813. The molecular formula is C24H29ClN4O4. The van der Waals surface area contributed by atoms with Crippen LogP contribution in [0.3, 0.4) is 0 Å². The fraction of sp³-hybridized carbons (Fsp3) is 0.458. The standard InChI is InChI=1S/C24H29ClN4O4/c1-31-18-5-6-21-19(13-18)24(30)29(22(25)16-33-21)10-4-3-9-28-11-7-17(8-12-28)20-14-26-15-23(27-20)32-2/h5-6,13-17H,3-4,7-12H2,1-2H3. The van der Waals surface area contributed by atoms with Crippen LogP contribution in [0.5, 0.6) is 17.4 Å². The molecule has 2 aromatic rings. The molecule has 1 saturated heterocycles. The molecule has 0 N–H and O–H groups in total. The van der Waals surface area contributed by atoms with E-state index in [0.717, 1.165) is 51.0 Å². The Hall–Kier alpha value is -2.84. The summed E-state index contributed by atoms with van der Waals surface area (Å²) in [6.07, 6.45) is 8.82. The minimum absolute atomic E-state index is 0.178. The van der Waals surface area contributed by atoms with Gasteiger partial charge in [0, 0.05) is 18.7 Å². The van der Waals surface area contributed by atoms with Gasteiger partial charge in [-0.3, -0.25) is 14.7 Å². The predicted octanol–water partition coefficient (Wildman–Crippen LogP) is 4.03. The van der Waals surface area contributed by atoms with E-state index in [9.17, 15) is 4.79 Å². The molecule has 0 radical (unpaired) electrons. The first kappa shape index (κ1) is 23.3. The molecule has 2 aliphatic rings. The van der Waals surface area contributed by atoms with Gasteiger partial charge in [0.05, 0.1) is 31.7 Å². The minimum atomic E-state index is -0.178. The highest BCUT2D eigenvalue weighted by Gasteiger charge is 2.26. The van der Waals surface area contributed by atoms with Crippen LogP contribution in [0.15, 0.2) is 42.0 Å². The lowest BCUT2D eigenvalue weighted by atomic mass is 9.93. The second kappa shape index (κ2) is 10.9. The summed E-state index contributed by atoms with van der Waals surface area (Å²) in [5.74, 6) is 1.89. The number of rotatable bonds is 8. The van der Waals surface area contributed by atoms with Crippen LogP contribution in [0.25, 0.3) is 0 Å². The molecule has 0 unspecified atom stereocenters. The number of hydrogen-bond donors (Lipinski definition) is 0. The van der Waals surface area contributed by atoms with E-state index in [1.165, 1.54) is 6.26 Å². The van der Waals surface area contributed by atoms with Crippen molar-refractivity contribution in [2.45, 2.75) is 31.6 Å². The first-order valence-corrected chi connectivity index (χ1v) is 11.6. The van der Waals surface area contributed by atoms with E-state index in [1.54, 1.807) is 43.5 Å². The van der Waals surface area contributed by atoms with Gasteiger partial charge in [-0.15, -0.1) is 0 Å². The second-order valence-electron chi connectivity index (χ2n) is 8.19. The van der Waals surface area contributed by atoms with Crippen LogP contribution in [-0.4, -0.2) is 66.1 Å². The van der Waals surface area contributed by atoms with Gasteiger partial charge in [0.15, 0.2) is 0 Å². The third-order valence-corrected chi connectivity index (χ3v) is 6.45. The second-order valence-corrected chi connectivity index (χ2v) is 8.57. The van der Waals surface area contributed by atoms with Gasteiger partial charge in [-0.2, -0.15) is 0 Å². The number of carbonyl (C=O) groups excluding carboxylic acids is 1. The molecule has 0 saturated carbocycles. The fourth-order valence-corrected chi connectivity index (χ4v) is 4.45. The lowest BCUT2D eigenvalue weighted by Crippen LogP contribution is -2.34. The van der Waals surface area contributed by atoms with Crippen LogP contribution < -0.4 is 14.2 Å². The number of halogens is 1. The number of fused-ring (bicyclic) bond motifs is 1. The van der Waals surface area contributed by atoms with Crippen molar-refractivity contribution in [3.05, 3.63) is 53.3 Å². The number of hydrogen-bond acceptors (Lipinski definition) is 7. The summed E-state index contributed by atoms with van der Waals surface area (Å²) in [5.41, 5.74) is 1.46. The third-order valence-electron chi connectivity index (χ3n) is 6.16. The largest absolute Gasteiger partial charge is 0.497 e. The minimum Gasteiger partial charge on any atom is -0.497 e. The zero-order valence-corrected chi connectivity index (χ0v) is 19.8. The van der Waals surface area contributed by atoms with Crippen molar-refractivity contribution in [2.24, 2.45) is 0 Å². The van der Waals surface area contributed by atoms with Crippen molar-refractivity contribution in [1.29, 1.82) is 0 Å². The molecule has 0 bridgehead atoms. The molecular weight excluding hydrogens is 444 g/mol. The zero-order chi connectivity index (χ0) is 23.2. The highest BCUT2D eigenvalue weighted by atomic mass is 35.5. The van der Waals surface area contributed by atoms with Crippen LogP contribution in [0.4, 0.5) is 0 Å². The monoisotopic (exact) mass is 472 g/mol. The molecule has 1 aromatic heterocycles. The van der Waals surface area contributed by atoms with E-state index in [-0.39, 0.29) is 11.1 Å². The number of nitrogens with zero attached hydrogens (tertiary/aromatic N) is 4. The van der Waals surface area contributed by atoms with Crippen LogP contribution in [0.2, 0.25) is 0 Å². The molecule has 4 rings (SSSR count). The maximum Gasteiger partial charge on any atom is 0.262 e. The highest BCUT2D eigenvalue weighted by Crippen LogP contribution is 2.31. The lowest BCUT2D eigenvalue weighted by Gasteiger charge is -2.31. The Labute approximate surface area is 199 Å². The molecule has 9 heteroatoms. The van der Waals surface area contributed by atoms with E-state index >= 15 is 0 Å². The molecule has 1 fully saturated rings. The van der Waals surface area contributed by atoms with Crippen LogP contribution >= 0.6 is 11.6 Å². The van der Waals surface area contributed by atoms with Gasteiger partial charge in [0.25, 0.3) is 5.91 Å². The Morgan fingerprint density at radius 2 is 1.91 bits per heavy atom. The molecule has 2 aliphatic heterocycles. The Kier molecular flexibility index (Phi) is 7.67. The Morgan fingerprint density at radius 1 is 1.12 bits per heavy atom. The third kappa shape index (κ3) is 5.57. The SMILES string of the molecule is COc1ccc2c(c1)C(=O)N(CCCCN1CCC(c3cncc(OC)n3)CC1)C(Cl)=CO2. The number of piperidine rings is 1. The molecule has 3 heterocycles. The maximum atomic E-state index is 13.1. The fourth-order valence-electron chi connectivity index (χ4n) is 4.25. The number of methoxy groups -OCH3 is 2. The van der Waals surface area contributed by atoms with Crippen molar-refractivity contribution in [1.82, 2.24) is 19.8 Å². The van der Waals surface area contributed by atoms with Crippen molar-refractivity contribution in [2.75, 3.05) is 40.4 Å². The topological polar surface area (TPSA) is 77.0 Å². The summed E-state index contributed by atoms with van der Waals surface area (Å²) in [4.78, 5) is 25.9. The van der Waals surface area contributed by atoms with Crippen molar-refractivity contribution < 1.29 is 19.0 Å². The summed E-state index contributed by atoms with van der Waals surface area (Å²) in [7, 11) is 3.18. The summed E-state index contributed by atoms with van der Waals surface area (Å²) in [6, 6.07) is 5.16. The molecule has 0 atom stereocenters. The van der Waals surface area contributed by atoms with Crippen LogP contribution in [0.1, 0.15) is 47.7 Å². The number of benzene rings is 1. The Morgan fingerprint density at radius 3 is 2.67 bits per heavy atom. The zero-order valence-electron chi connectivity index (χ0n) is 19.0. The van der Waals surface area contributed by atoms with Gasteiger partial charge in [-0.05, 0) is 63.5 Å². The molecule has 0 aliphatic carbocycles. The van der Waals surface area contributed by atoms with Crippen molar-refractivity contribution in [3.8, 4) is 17.4 Å². The van der Waals surface area contributed by atoms with Crippen molar-refractivity contribution >= 4 is 17.5 Å². The van der Waals surface area contributed by atoms with Gasteiger partial charge in [0.2, 0.25) is 5.88 Å². The smallest absolute Gasteiger partial charge is 0.262 e. The van der Waals surface area contributed by atoms with E-state index in [1.807, 2.05) is 6.20 Å². The molecule has 0 spiro atoms. The first-order valence-electron chi connectivity index (χ1n) is 11.2. The summed E-state index contributed by atoms with van der Waals surface area (Å²) >= 11 is 6.35. The molecule has 33 heavy (non-hydrogen) atoms. The highest BCUT2D eigenvalue weighted by molar-refractivity contribution is 6.30. The first-order chi connectivity index (χ1) is 16.1. The van der Waals surface area contributed by atoms with Gasteiger partial charge >= 0.3 is 0 Å². The maximum absolute atomic E-state index is 13.1. The van der Waals surface area contributed by atoms with E-state index in [0.29, 0.717) is 35.4 Å².